The predicted molar refractivity (Wildman–Crippen MR) is 204 cm³/mol. The van der Waals surface area contributed by atoms with Gasteiger partial charge in [0.05, 0.1) is 0 Å². The van der Waals surface area contributed by atoms with Gasteiger partial charge in [0.25, 0.3) is 0 Å². The maximum Gasteiger partial charge on any atom is 0.673 e. The van der Waals surface area contributed by atoms with E-state index in [0.717, 1.165) is 0 Å². The van der Waals surface area contributed by atoms with E-state index in [-0.39, 0.29) is 0 Å². The molecule has 0 aliphatic rings. The molecule has 0 unspecified atom stereocenters. The van der Waals surface area contributed by atoms with Crippen molar-refractivity contribution in [2.45, 2.75) is 4.30 Å². The van der Waals surface area contributed by atoms with Gasteiger partial charge < -0.3 is 17.3 Å². The molecule has 0 aliphatic carbocycles. The van der Waals surface area contributed by atoms with E-state index in [2.05, 4.69) is 182 Å². The molecule has 6 aromatic rings. The van der Waals surface area contributed by atoms with E-state index in [9.17, 15) is 17.3 Å². The van der Waals surface area contributed by atoms with Crippen molar-refractivity contribution < 1.29 is 17.3 Å². The molecule has 0 N–H and O–H groups in total. The lowest BCUT2D eigenvalue weighted by Crippen LogP contribution is -2.32. The Morgan fingerprint density at radius 1 is 0.417 bits per heavy atom. The molecular weight excluding hydrogens is 714 g/mol. The Kier molecular flexibility index (Phi) is 13.9. The summed E-state index contributed by atoms with van der Waals surface area (Å²) in [6, 6.07) is 65.7. The first-order valence-corrected chi connectivity index (χ1v) is 19.5. The van der Waals surface area contributed by atoms with E-state index < -0.39 is 26.0 Å². The van der Waals surface area contributed by atoms with Crippen LogP contribution in [-0.4, -0.2) is 11.5 Å². The lowest BCUT2D eigenvalue weighted by molar-refractivity contribution is 0.368. The highest BCUT2D eigenvalue weighted by atomic mass is 35.6. The minimum Gasteiger partial charge on any atom is -0.418 e. The van der Waals surface area contributed by atoms with Crippen LogP contribution in [0.1, 0.15) is 0 Å². The maximum absolute atomic E-state index is 9.75. The highest BCUT2D eigenvalue weighted by Crippen LogP contribution is 2.65. The Bertz CT molecular complexity index is 1650. The summed E-state index contributed by atoms with van der Waals surface area (Å²) in [7, 11) is -11.0. The smallest absolute Gasteiger partial charge is 0.418 e. The first-order chi connectivity index (χ1) is 23.1. The standard InChI is InChI=1S/C36H30NP2.CHCl3.BF4/c1-7-19-31(20-8-1)38(32-21-9-2-10-22-32,33-23-11-3-12-24-33)37-39(34-25-13-4-14-26-34,35-27-15-5-16-28-35)36-29-17-6-18-30-36;2-1(3)4;2-1(3,4)5/h1-30H;1H;/q+1;;-1. The van der Waals surface area contributed by atoms with Gasteiger partial charge in [-0.25, -0.2) is 0 Å². The highest BCUT2D eigenvalue weighted by molar-refractivity contribution is 8.01. The van der Waals surface area contributed by atoms with E-state index >= 15 is 0 Å². The molecule has 0 spiro atoms. The number of hydrogen-bond donors (Lipinski definition) is 0. The molecule has 0 saturated carbocycles. The second kappa shape index (κ2) is 17.9. The van der Waals surface area contributed by atoms with Crippen LogP contribution in [0.25, 0.3) is 0 Å². The van der Waals surface area contributed by atoms with Crippen LogP contribution >= 0.6 is 49.3 Å². The highest BCUT2D eigenvalue weighted by Gasteiger charge is 2.49. The average Bonchev–Trinajstić information content (AvgIpc) is 3.10. The van der Waals surface area contributed by atoms with Crippen LogP contribution in [0.3, 0.4) is 0 Å². The molecule has 6 rings (SSSR count). The van der Waals surface area contributed by atoms with Crippen LogP contribution < -0.4 is 31.8 Å². The minimum absolute atomic E-state index is 0.750. The van der Waals surface area contributed by atoms with Crippen molar-refractivity contribution in [3.8, 4) is 0 Å². The van der Waals surface area contributed by atoms with Gasteiger partial charge in [-0.2, -0.15) is 0 Å². The summed E-state index contributed by atoms with van der Waals surface area (Å²) >= 11 is 14.4. The predicted octanol–water partition coefficient (Wildman–Crippen LogP) is 10.4. The normalized spacial score (nSPS) is 11.4. The molecule has 0 heterocycles. The Morgan fingerprint density at radius 2 is 0.604 bits per heavy atom. The van der Waals surface area contributed by atoms with Crippen molar-refractivity contribution in [1.29, 1.82) is 0 Å². The van der Waals surface area contributed by atoms with E-state index in [4.69, 9.17) is 39.3 Å². The summed E-state index contributed by atoms with van der Waals surface area (Å²) in [5.41, 5.74) is 0. The number of benzene rings is 6. The van der Waals surface area contributed by atoms with Crippen molar-refractivity contribution >= 4 is 88.4 Å². The summed E-state index contributed by atoms with van der Waals surface area (Å²) in [6.07, 6.45) is 0. The fourth-order valence-electron chi connectivity index (χ4n) is 5.27. The van der Waals surface area contributed by atoms with Crippen molar-refractivity contribution in [2.75, 3.05) is 0 Å². The van der Waals surface area contributed by atoms with Crippen molar-refractivity contribution in [2.24, 2.45) is 4.52 Å². The Balaban J connectivity index is 0.000000515. The average molecular weight is 745 g/mol. The summed E-state index contributed by atoms with van der Waals surface area (Å²) in [4.78, 5) is 0. The molecule has 246 valence electrons. The number of alkyl halides is 3. The van der Waals surface area contributed by atoms with E-state index in [1.165, 1.54) is 31.8 Å². The molecule has 0 aliphatic heterocycles. The second-order valence-corrected chi connectivity index (χ2v) is 18.5. The molecule has 11 heteroatoms. The van der Waals surface area contributed by atoms with Gasteiger partial charge in [0.1, 0.15) is 23.0 Å². The summed E-state index contributed by atoms with van der Waals surface area (Å²) in [6.45, 7) is 0. The van der Waals surface area contributed by atoms with Crippen LogP contribution in [0.2, 0.25) is 0 Å². The Labute approximate surface area is 295 Å². The maximum atomic E-state index is 9.75. The topological polar surface area (TPSA) is 12.4 Å². The lowest BCUT2D eigenvalue weighted by atomic mass is 10.3. The quantitative estimate of drug-likeness (QED) is 0.0668. The van der Waals surface area contributed by atoms with Gasteiger partial charge in [0, 0.05) is 15.9 Å². The van der Waals surface area contributed by atoms with Gasteiger partial charge in [0.2, 0.25) is 7.41 Å². The largest absolute Gasteiger partial charge is 0.673 e. The SMILES string of the molecule is ClC(Cl)Cl.F[B-](F)(F)F.c1ccc(P(=N[P+](c2ccccc2)(c2ccccc2)c2ccccc2)(c2ccccc2)c2ccccc2)cc1. The van der Waals surface area contributed by atoms with Gasteiger partial charge in [-0.1, -0.05) is 180 Å². The Hall–Kier alpha value is -3.37. The first kappa shape index (κ1) is 37.5. The number of halogens is 7. The molecular formula is C37H31BCl3F4NP2. The molecule has 6 aromatic carbocycles. The van der Waals surface area contributed by atoms with Gasteiger partial charge >= 0.3 is 7.25 Å². The zero-order valence-corrected chi connectivity index (χ0v) is 29.5. The third-order valence-corrected chi connectivity index (χ3v) is 15.5. The van der Waals surface area contributed by atoms with Gasteiger partial charge in [-0.05, 0) is 36.4 Å². The van der Waals surface area contributed by atoms with Crippen LogP contribution in [0.5, 0.6) is 0 Å². The molecule has 0 saturated heterocycles. The molecule has 0 amide bonds. The van der Waals surface area contributed by atoms with Crippen LogP contribution in [-0.2, 0) is 0 Å². The van der Waals surface area contributed by atoms with Crippen LogP contribution in [0.4, 0.5) is 17.3 Å². The summed E-state index contributed by atoms with van der Waals surface area (Å²) in [5.74, 6) is 0. The van der Waals surface area contributed by atoms with Crippen molar-refractivity contribution in [3.63, 3.8) is 0 Å². The fourth-order valence-corrected chi connectivity index (χ4v) is 14.8. The summed E-state index contributed by atoms with van der Waals surface area (Å²) in [5, 5.41) is 7.55. The molecule has 0 atom stereocenters. The molecule has 0 radical (unpaired) electrons. The number of hydrogen-bond acceptors (Lipinski definition) is 1. The molecule has 0 aromatic heterocycles. The zero-order chi connectivity index (χ0) is 34.5. The second-order valence-electron chi connectivity index (χ2n) is 10.1. The molecule has 0 fully saturated rings. The van der Waals surface area contributed by atoms with Gasteiger partial charge in [-0.3, -0.25) is 0 Å². The summed E-state index contributed by atoms with van der Waals surface area (Å²) < 4.78 is 44.6. The van der Waals surface area contributed by atoms with Crippen LogP contribution in [0.15, 0.2) is 187 Å². The number of nitrogens with zero attached hydrogens (tertiary/aromatic N) is 1. The van der Waals surface area contributed by atoms with Crippen molar-refractivity contribution in [1.82, 2.24) is 0 Å². The van der Waals surface area contributed by atoms with Crippen LogP contribution in [0, 0.1) is 0 Å². The Morgan fingerprint density at radius 3 is 0.812 bits per heavy atom. The molecule has 0 bridgehead atoms. The third-order valence-electron chi connectivity index (χ3n) is 7.05. The van der Waals surface area contributed by atoms with Crippen molar-refractivity contribution in [3.05, 3.63) is 182 Å². The van der Waals surface area contributed by atoms with Gasteiger partial charge in [-0.15, -0.1) is 4.52 Å². The minimum atomic E-state index is -6.00. The molecule has 48 heavy (non-hydrogen) atoms. The third kappa shape index (κ3) is 9.85. The lowest BCUT2D eigenvalue weighted by Gasteiger charge is -2.31. The first-order valence-electron chi connectivity index (χ1n) is 14.7. The monoisotopic (exact) mass is 743 g/mol. The molecule has 1 nitrogen and oxygen atoms in total. The zero-order valence-electron chi connectivity index (χ0n) is 25.5. The van der Waals surface area contributed by atoms with E-state index in [1.54, 1.807) is 0 Å². The van der Waals surface area contributed by atoms with Gasteiger partial charge in [0.15, 0.2) is 4.30 Å². The van der Waals surface area contributed by atoms with E-state index in [0.29, 0.717) is 0 Å². The fraction of sp³-hybridized carbons (Fsp3) is 0.0270. The number of rotatable bonds is 7. The van der Waals surface area contributed by atoms with E-state index in [1.807, 2.05) is 0 Å².